The van der Waals surface area contributed by atoms with Gasteiger partial charge in [0.25, 0.3) is 5.91 Å². The third-order valence-corrected chi connectivity index (χ3v) is 3.69. The molecule has 1 saturated carbocycles. The van der Waals surface area contributed by atoms with Crippen molar-refractivity contribution in [3.05, 3.63) is 17.5 Å². The van der Waals surface area contributed by atoms with Crippen LogP contribution < -0.4 is 10.6 Å². The first kappa shape index (κ1) is 11.7. The van der Waals surface area contributed by atoms with Crippen LogP contribution in [0, 0.1) is 5.92 Å². The van der Waals surface area contributed by atoms with Gasteiger partial charge in [-0.05, 0) is 44.7 Å². The fourth-order valence-corrected chi connectivity index (χ4v) is 2.38. The first-order valence-corrected chi connectivity index (χ1v) is 6.78. The second-order valence-corrected chi connectivity index (χ2v) is 5.31. The van der Waals surface area contributed by atoms with Gasteiger partial charge < -0.3 is 15.2 Å². The van der Waals surface area contributed by atoms with Crippen molar-refractivity contribution in [1.82, 2.24) is 15.8 Å². The van der Waals surface area contributed by atoms with Crippen LogP contribution in [0.4, 0.5) is 0 Å². The summed E-state index contributed by atoms with van der Waals surface area (Å²) in [6.07, 6.45) is 4.68. The van der Waals surface area contributed by atoms with Crippen LogP contribution in [0.15, 0.2) is 10.6 Å². The third kappa shape index (κ3) is 2.72. The smallest absolute Gasteiger partial charge is 0.273 e. The SMILES string of the molecule is O=C(NCC1CCCNC1)c1cc(C2CC2)on1. The van der Waals surface area contributed by atoms with Gasteiger partial charge in [-0.15, -0.1) is 0 Å². The molecule has 2 N–H and O–H groups in total. The van der Waals surface area contributed by atoms with Gasteiger partial charge in [0, 0.05) is 18.5 Å². The molecule has 1 saturated heterocycles. The summed E-state index contributed by atoms with van der Waals surface area (Å²) in [5, 5.41) is 10.1. The number of nitrogens with one attached hydrogen (secondary N) is 2. The lowest BCUT2D eigenvalue weighted by molar-refractivity contribution is 0.0935. The van der Waals surface area contributed by atoms with E-state index in [2.05, 4.69) is 15.8 Å². The molecule has 3 rings (SSSR count). The van der Waals surface area contributed by atoms with E-state index < -0.39 is 0 Å². The molecule has 1 aliphatic carbocycles. The molecule has 1 aromatic heterocycles. The first-order chi connectivity index (χ1) is 8.83. The molecule has 1 aromatic rings. The quantitative estimate of drug-likeness (QED) is 0.843. The van der Waals surface area contributed by atoms with Crippen molar-refractivity contribution in [2.24, 2.45) is 5.92 Å². The highest BCUT2D eigenvalue weighted by Crippen LogP contribution is 2.40. The van der Waals surface area contributed by atoms with Crippen LogP contribution in [0.2, 0.25) is 0 Å². The topological polar surface area (TPSA) is 67.2 Å². The monoisotopic (exact) mass is 249 g/mol. The highest BCUT2D eigenvalue weighted by molar-refractivity contribution is 5.92. The molecule has 98 valence electrons. The Morgan fingerprint density at radius 2 is 2.39 bits per heavy atom. The maximum Gasteiger partial charge on any atom is 0.273 e. The number of aromatic nitrogens is 1. The number of hydrogen-bond acceptors (Lipinski definition) is 4. The summed E-state index contributed by atoms with van der Waals surface area (Å²) in [5.41, 5.74) is 0.417. The normalized spacial score (nSPS) is 23.9. The van der Waals surface area contributed by atoms with Crippen LogP contribution in [-0.4, -0.2) is 30.7 Å². The minimum absolute atomic E-state index is 0.115. The van der Waals surface area contributed by atoms with Gasteiger partial charge >= 0.3 is 0 Å². The number of carbonyl (C=O) groups is 1. The fraction of sp³-hybridized carbons (Fsp3) is 0.692. The molecule has 1 aliphatic heterocycles. The van der Waals surface area contributed by atoms with Crippen LogP contribution in [-0.2, 0) is 0 Å². The van der Waals surface area contributed by atoms with E-state index in [1.807, 2.05) is 0 Å². The maximum atomic E-state index is 11.9. The van der Waals surface area contributed by atoms with Crippen LogP contribution in [0.5, 0.6) is 0 Å². The summed E-state index contributed by atoms with van der Waals surface area (Å²) in [6, 6.07) is 1.78. The molecule has 5 heteroatoms. The second kappa shape index (κ2) is 5.10. The van der Waals surface area contributed by atoms with E-state index in [-0.39, 0.29) is 5.91 Å². The van der Waals surface area contributed by atoms with E-state index in [4.69, 9.17) is 4.52 Å². The highest BCUT2D eigenvalue weighted by atomic mass is 16.5. The van der Waals surface area contributed by atoms with Gasteiger partial charge in [-0.3, -0.25) is 4.79 Å². The largest absolute Gasteiger partial charge is 0.360 e. The summed E-state index contributed by atoms with van der Waals surface area (Å²) in [5.74, 6) is 1.79. The minimum atomic E-state index is -0.115. The van der Waals surface area contributed by atoms with E-state index in [0.29, 0.717) is 17.5 Å². The van der Waals surface area contributed by atoms with Crippen molar-refractivity contribution in [2.45, 2.75) is 31.6 Å². The Labute approximate surface area is 106 Å². The number of amides is 1. The molecule has 0 bridgehead atoms. The van der Waals surface area contributed by atoms with Gasteiger partial charge in [0.1, 0.15) is 5.76 Å². The molecular formula is C13H19N3O2. The van der Waals surface area contributed by atoms with Crippen molar-refractivity contribution < 1.29 is 9.32 Å². The molecule has 5 nitrogen and oxygen atoms in total. The first-order valence-electron chi connectivity index (χ1n) is 6.78. The summed E-state index contributed by atoms with van der Waals surface area (Å²) >= 11 is 0. The van der Waals surface area contributed by atoms with Crippen LogP contribution in [0.1, 0.15) is 47.8 Å². The van der Waals surface area contributed by atoms with E-state index in [1.165, 1.54) is 12.8 Å². The zero-order valence-corrected chi connectivity index (χ0v) is 10.4. The molecule has 0 aromatic carbocycles. The van der Waals surface area contributed by atoms with E-state index in [9.17, 15) is 4.79 Å². The third-order valence-electron chi connectivity index (χ3n) is 3.69. The van der Waals surface area contributed by atoms with Crippen molar-refractivity contribution in [1.29, 1.82) is 0 Å². The van der Waals surface area contributed by atoms with Crippen LogP contribution in [0.3, 0.4) is 0 Å². The Bertz CT molecular complexity index is 420. The van der Waals surface area contributed by atoms with Gasteiger partial charge in [0.05, 0.1) is 0 Å². The van der Waals surface area contributed by atoms with Crippen molar-refractivity contribution in [2.75, 3.05) is 19.6 Å². The Morgan fingerprint density at radius 3 is 3.11 bits per heavy atom. The predicted molar refractivity (Wildman–Crippen MR) is 66.4 cm³/mol. The molecule has 2 aliphatic rings. The Hall–Kier alpha value is -1.36. The lowest BCUT2D eigenvalue weighted by atomic mass is 10.00. The molecule has 2 heterocycles. The molecule has 2 fully saturated rings. The van der Waals surface area contributed by atoms with Gasteiger partial charge in [0.2, 0.25) is 0 Å². The van der Waals surface area contributed by atoms with Gasteiger partial charge in [-0.2, -0.15) is 0 Å². The van der Waals surface area contributed by atoms with Crippen molar-refractivity contribution in [3.8, 4) is 0 Å². The van der Waals surface area contributed by atoms with Gasteiger partial charge in [-0.25, -0.2) is 0 Å². The van der Waals surface area contributed by atoms with E-state index in [1.54, 1.807) is 6.07 Å². The van der Waals surface area contributed by atoms with Crippen LogP contribution >= 0.6 is 0 Å². The number of hydrogen-bond donors (Lipinski definition) is 2. The van der Waals surface area contributed by atoms with Crippen LogP contribution in [0.25, 0.3) is 0 Å². The molecule has 1 unspecified atom stereocenters. The summed E-state index contributed by atoms with van der Waals surface area (Å²) in [4.78, 5) is 11.9. The number of nitrogens with zero attached hydrogens (tertiary/aromatic N) is 1. The standard InChI is InChI=1S/C13H19N3O2/c17-13(15-8-9-2-1-5-14-7-9)11-6-12(18-16-11)10-3-4-10/h6,9-10,14H,1-5,7-8H2,(H,15,17). The maximum absolute atomic E-state index is 11.9. The number of rotatable bonds is 4. The molecule has 1 amide bonds. The minimum Gasteiger partial charge on any atom is -0.360 e. The fourth-order valence-electron chi connectivity index (χ4n) is 2.38. The average Bonchev–Trinajstić information content (AvgIpc) is 3.15. The van der Waals surface area contributed by atoms with E-state index >= 15 is 0 Å². The van der Waals surface area contributed by atoms with Crippen molar-refractivity contribution >= 4 is 5.91 Å². The summed E-state index contributed by atoms with van der Waals surface area (Å²) in [7, 11) is 0. The number of carbonyl (C=O) groups excluding carboxylic acids is 1. The predicted octanol–water partition coefficient (Wildman–Crippen LogP) is 1.28. The lowest BCUT2D eigenvalue weighted by Crippen LogP contribution is -2.38. The van der Waals surface area contributed by atoms with Gasteiger partial charge in [-0.1, -0.05) is 5.16 Å². The summed E-state index contributed by atoms with van der Waals surface area (Å²) in [6.45, 7) is 2.81. The zero-order valence-electron chi connectivity index (χ0n) is 10.4. The molecular weight excluding hydrogens is 230 g/mol. The molecule has 0 spiro atoms. The molecule has 1 atom stereocenters. The highest BCUT2D eigenvalue weighted by Gasteiger charge is 2.29. The molecule has 18 heavy (non-hydrogen) atoms. The second-order valence-electron chi connectivity index (χ2n) is 5.31. The lowest BCUT2D eigenvalue weighted by Gasteiger charge is -2.22. The van der Waals surface area contributed by atoms with E-state index in [0.717, 1.165) is 38.2 Å². The Balaban J connectivity index is 1.50. The Morgan fingerprint density at radius 1 is 1.50 bits per heavy atom. The Kier molecular flexibility index (Phi) is 3.32. The van der Waals surface area contributed by atoms with Gasteiger partial charge in [0.15, 0.2) is 5.69 Å². The number of piperidine rings is 1. The zero-order chi connectivity index (χ0) is 12.4. The summed E-state index contributed by atoms with van der Waals surface area (Å²) < 4.78 is 5.18. The average molecular weight is 249 g/mol. The van der Waals surface area contributed by atoms with Crippen molar-refractivity contribution in [3.63, 3.8) is 0 Å². The molecule has 0 radical (unpaired) electrons.